The number of aromatic amines is 1. The van der Waals surface area contributed by atoms with Gasteiger partial charge in [0.2, 0.25) is 5.91 Å². The first-order chi connectivity index (χ1) is 14.5. The molecule has 8 heteroatoms. The molecular weight excluding hydrogens is 421 g/mol. The topological polar surface area (TPSA) is 76.0 Å². The Labute approximate surface area is 184 Å². The Morgan fingerprint density at radius 2 is 1.87 bits per heavy atom. The summed E-state index contributed by atoms with van der Waals surface area (Å²) in [5.41, 5.74) is 3.37. The van der Waals surface area contributed by atoms with Crippen molar-refractivity contribution >= 4 is 34.8 Å². The first kappa shape index (κ1) is 20.4. The van der Waals surface area contributed by atoms with Gasteiger partial charge in [0, 0.05) is 35.0 Å². The number of carbonyl (C=O) groups excluding carboxylic acids is 1. The van der Waals surface area contributed by atoms with Gasteiger partial charge in [0.05, 0.1) is 36.2 Å². The highest BCUT2D eigenvalue weighted by Gasteiger charge is 2.31. The molecule has 1 unspecified atom stereocenters. The van der Waals surface area contributed by atoms with Crippen molar-refractivity contribution in [1.29, 1.82) is 5.26 Å². The zero-order valence-electron chi connectivity index (χ0n) is 16.1. The quantitative estimate of drug-likeness (QED) is 0.645. The zero-order valence-corrected chi connectivity index (χ0v) is 17.6. The normalized spacial score (nSPS) is 15.8. The molecule has 2 aromatic carbocycles. The van der Waals surface area contributed by atoms with Crippen LogP contribution < -0.4 is 4.90 Å². The van der Waals surface area contributed by atoms with Gasteiger partial charge in [-0.1, -0.05) is 35.3 Å². The fraction of sp³-hybridized carbons (Fsp3) is 0.227. The van der Waals surface area contributed by atoms with Crippen molar-refractivity contribution in [1.82, 2.24) is 14.9 Å². The van der Waals surface area contributed by atoms with Gasteiger partial charge in [0.1, 0.15) is 0 Å². The minimum absolute atomic E-state index is 0.0103. The lowest BCUT2D eigenvalue weighted by molar-refractivity contribution is -0.122. The Bertz CT molecular complexity index is 1060. The van der Waals surface area contributed by atoms with Crippen LogP contribution >= 0.6 is 23.2 Å². The molecule has 4 rings (SSSR count). The van der Waals surface area contributed by atoms with Gasteiger partial charge in [-0.2, -0.15) is 5.26 Å². The van der Waals surface area contributed by atoms with Crippen molar-refractivity contribution in [2.45, 2.75) is 12.5 Å². The van der Waals surface area contributed by atoms with Gasteiger partial charge in [-0.25, -0.2) is 4.98 Å². The third-order valence-corrected chi connectivity index (χ3v) is 5.68. The van der Waals surface area contributed by atoms with Crippen LogP contribution in [0.25, 0.3) is 0 Å². The lowest BCUT2D eigenvalue weighted by Crippen LogP contribution is -2.51. The Morgan fingerprint density at radius 3 is 2.47 bits per heavy atom. The Morgan fingerprint density at radius 1 is 1.13 bits per heavy atom. The average Bonchev–Trinajstić information content (AvgIpc) is 3.26. The molecule has 1 aliphatic rings. The SMILES string of the molecule is N#Cc1ccc(CC(c2cnc[nH]2)N2CCN(c3cc(Cl)cc(Cl)c3)C(=O)C2)cc1. The van der Waals surface area contributed by atoms with Gasteiger partial charge in [-0.3, -0.25) is 9.69 Å². The largest absolute Gasteiger partial charge is 0.347 e. The van der Waals surface area contributed by atoms with Crippen molar-refractivity contribution in [2.75, 3.05) is 24.5 Å². The molecule has 6 nitrogen and oxygen atoms in total. The maximum absolute atomic E-state index is 13.0. The highest BCUT2D eigenvalue weighted by molar-refractivity contribution is 6.35. The van der Waals surface area contributed by atoms with Gasteiger partial charge in [-0.15, -0.1) is 0 Å². The first-order valence-corrected chi connectivity index (χ1v) is 10.3. The number of rotatable bonds is 5. The lowest BCUT2D eigenvalue weighted by atomic mass is 10.00. The maximum Gasteiger partial charge on any atom is 0.241 e. The van der Waals surface area contributed by atoms with Crippen LogP contribution in [-0.2, 0) is 11.2 Å². The maximum atomic E-state index is 13.0. The lowest BCUT2D eigenvalue weighted by Gasteiger charge is -2.38. The summed E-state index contributed by atoms with van der Waals surface area (Å²) in [5, 5.41) is 10.0. The number of piperazine rings is 1. The Balaban J connectivity index is 1.54. The number of anilines is 1. The fourth-order valence-electron chi connectivity index (χ4n) is 3.75. The van der Waals surface area contributed by atoms with Crippen LogP contribution in [0.1, 0.15) is 22.9 Å². The predicted octanol–water partition coefficient (Wildman–Crippen LogP) is 4.22. The van der Waals surface area contributed by atoms with Crippen LogP contribution in [0, 0.1) is 11.3 Å². The summed E-state index contributed by atoms with van der Waals surface area (Å²) >= 11 is 12.2. The first-order valence-electron chi connectivity index (χ1n) is 9.51. The molecule has 152 valence electrons. The van der Waals surface area contributed by atoms with Crippen LogP contribution in [-0.4, -0.2) is 40.4 Å². The second kappa shape index (κ2) is 8.88. The van der Waals surface area contributed by atoms with E-state index >= 15 is 0 Å². The second-order valence-corrected chi connectivity index (χ2v) is 8.05. The molecule has 1 amide bonds. The van der Waals surface area contributed by atoms with Gasteiger partial charge in [0.15, 0.2) is 0 Å². The Kier molecular flexibility index (Phi) is 6.05. The van der Waals surface area contributed by atoms with Crippen molar-refractivity contribution < 1.29 is 4.79 Å². The van der Waals surface area contributed by atoms with Gasteiger partial charge >= 0.3 is 0 Å². The van der Waals surface area contributed by atoms with Crippen LogP contribution in [0.4, 0.5) is 5.69 Å². The summed E-state index contributed by atoms with van der Waals surface area (Å²) in [6, 6.07) is 14.8. The number of nitriles is 1. The fourth-order valence-corrected chi connectivity index (χ4v) is 4.26. The zero-order chi connectivity index (χ0) is 21.1. The average molecular weight is 440 g/mol. The van der Waals surface area contributed by atoms with Gasteiger partial charge < -0.3 is 9.88 Å². The molecule has 1 aromatic heterocycles. The number of aromatic nitrogens is 2. The van der Waals surface area contributed by atoms with E-state index in [1.807, 2.05) is 24.3 Å². The minimum Gasteiger partial charge on any atom is -0.347 e. The summed E-state index contributed by atoms with van der Waals surface area (Å²) in [6.07, 6.45) is 4.14. The number of halogens is 2. The van der Waals surface area contributed by atoms with Crippen molar-refractivity contribution in [3.8, 4) is 6.07 Å². The number of hydrogen-bond donors (Lipinski definition) is 1. The molecule has 0 spiro atoms. The van der Waals surface area contributed by atoms with E-state index in [9.17, 15) is 4.79 Å². The molecule has 30 heavy (non-hydrogen) atoms. The minimum atomic E-state index is -0.0329. The highest BCUT2D eigenvalue weighted by atomic mass is 35.5. The van der Waals surface area contributed by atoms with Crippen LogP contribution in [0.3, 0.4) is 0 Å². The van der Waals surface area contributed by atoms with E-state index in [0.29, 0.717) is 40.8 Å². The molecule has 1 saturated heterocycles. The summed E-state index contributed by atoms with van der Waals surface area (Å²) in [6.45, 7) is 1.49. The number of nitrogens with one attached hydrogen (secondary N) is 1. The molecule has 0 radical (unpaired) electrons. The smallest absolute Gasteiger partial charge is 0.241 e. The molecule has 1 atom stereocenters. The number of hydrogen-bond acceptors (Lipinski definition) is 4. The third-order valence-electron chi connectivity index (χ3n) is 5.24. The third kappa shape index (κ3) is 4.49. The summed E-state index contributed by atoms with van der Waals surface area (Å²) in [7, 11) is 0. The standard InChI is InChI=1S/C22H19Cl2N5O/c23-17-8-18(24)10-19(9-17)29-6-5-28(13-22(29)30)21(20-12-26-14-27-20)7-15-1-3-16(11-25)4-2-15/h1-4,8-10,12,14,21H,5-7,13H2,(H,26,27). The molecule has 0 bridgehead atoms. The monoisotopic (exact) mass is 439 g/mol. The number of nitrogens with zero attached hydrogens (tertiary/aromatic N) is 4. The van der Waals surface area contributed by atoms with Gasteiger partial charge in [0.25, 0.3) is 0 Å². The number of benzene rings is 2. The molecule has 0 aliphatic carbocycles. The van der Waals surface area contributed by atoms with E-state index in [0.717, 1.165) is 11.3 Å². The number of amides is 1. The van der Waals surface area contributed by atoms with Gasteiger partial charge in [-0.05, 0) is 42.3 Å². The Hall–Kier alpha value is -2.85. The van der Waals surface area contributed by atoms with Crippen molar-refractivity contribution in [3.05, 3.63) is 81.9 Å². The van der Waals surface area contributed by atoms with E-state index in [-0.39, 0.29) is 18.5 Å². The summed E-state index contributed by atoms with van der Waals surface area (Å²) in [5.74, 6) is -0.0103. The van der Waals surface area contributed by atoms with Crippen LogP contribution in [0.2, 0.25) is 10.0 Å². The summed E-state index contributed by atoms with van der Waals surface area (Å²) in [4.78, 5) is 24.2. The molecule has 3 aromatic rings. The van der Waals surface area contributed by atoms with E-state index in [1.54, 1.807) is 35.6 Å². The van der Waals surface area contributed by atoms with Crippen LogP contribution in [0.15, 0.2) is 55.0 Å². The molecule has 0 saturated carbocycles. The molecule has 2 heterocycles. The second-order valence-electron chi connectivity index (χ2n) is 7.18. The van der Waals surface area contributed by atoms with Crippen molar-refractivity contribution in [3.63, 3.8) is 0 Å². The number of carbonyl (C=O) groups is 1. The molecule has 1 N–H and O–H groups in total. The predicted molar refractivity (Wildman–Crippen MR) is 117 cm³/mol. The van der Waals surface area contributed by atoms with E-state index in [1.165, 1.54) is 0 Å². The number of H-pyrrole nitrogens is 1. The van der Waals surface area contributed by atoms with Crippen molar-refractivity contribution in [2.24, 2.45) is 0 Å². The van der Waals surface area contributed by atoms with Crippen LogP contribution in [0.5, 0.6) is 0 Å². The van der Waals surface area contributed by atoms with E-state index in [2.05, 4.69) is 20.9 Å². The molecular formula is C22H19Cl2N5O. The number of imidazole rings is 1. The van der Waals surface area contributed by atoms with E-state index < -0.39 is 0 Å². The summed E-state index contributed by atoms with van der Waals surface area (Å²) < 4.78 is 0. The molecule has 1 aliphatic heterocycles. The van der Waals surface area contributed by atoms with E-state index in [4.69, 9.17) is 28.5 Å². The molecule has 1 fully saturated rings. The highest BCUT2D eigenvalue weighted by Crippen LogP contribution is 2.30.